The first kappa shape index (κ1) is 10.4. The number of rotatable bonds is 4. The van der Waals surface area contributed by atoms with Gasteiger partial charge in [0.15, 0.2) is 0 Å². The van der Waals surface area contributed by atoms with Crippen LogP contribution in [0.5, 0.6) is 0 Å². The normalized spacial score (nSPS) is 11.1. The summed E-state index contributed by atoms with van der Waals surface area (Å²) in [4.78, 5) is 0. The molecule has 0 saturated heterocycles. The van der Waals surface area contributed by atoms with Crippen LogP contribution in [-0.2, 0) is 0 Å². The Labute approximate surface area is 69.6 Å². The Morgan fingerprint density at radius 1 is 1.27 bits per heavy atom. The van der Waals surface area contributed by atoms with Crippen molar-refractivity contribution in [2.45, 2.75) is 45.6 Å². The number of unbranched alkanes of at least 4 members (excludes halogenated alkanes) is 2. The zero-order valence-electron chi connectivity index (χ0n) is 7.78. The molecule has 0 radical (unpaired) electrons. The molecule has 0 fully saturated rings. The highest BCUT2D eigenvalue weighted by Gasteiger charge is 2.06. The predicted octanol–water partition coefficient (Wildman–Crippen LogP) is 2.07. The molecule has 0 spiro atoms. The largest absolute Gasteiger partial charge is 0.312 e. The maximum absolute atomic E-state index is 8.26. The van der Waals surface area contributed by atoms with Crippen molar-refractivity contribution in [3.05, 3.63) is 0 Å². The van der Waals surface area contributed by atoms with Gasteiger partial charge < -0.3 is 5.32 Å². The van der Waals surface area contributed by atoms with Crippen LogP contribution in [0.15, 0.2) is 0 Å². The molecular formula is C9H18N2. The van der Waals surface area contributed by atoms with Gasteiger partial charge in [-0.3, -0.25) is 0 Å². The summed E-state index contributed by atoms with van der Waals surface area (Å²) in [6.45, 7) is 7.47. The van der Waals surface area contributed by atoms with E-state index in [-0.39, 0.29) is 5.54 Å². The second-order valence-corrected chi connectivity index (χ2v) is 3.79. The number of nitrogens with zero attached hydrogens (tertiary/aromatic N) is 1. The molecule has 0 aromatic heterocycles. The highest BCUT2D eigenvalue weighted by atomic mass is 14.9. The molecule has 0 unspecified atom stereocenters. The van der Waals surface area contributed by atoms with Crippen molar-refractivity contribution < 1.29 is 0 Å². The topological polar surface area (TPSA) is 35.8 Å². The molecule has 11 heavy (non-hydrogen) atoms. The molecule has 0 heterocycles. The van der Waals surface area contributed by atoms with Gasteiger partial charge in [0.1, 0.15) is 0 Å². The van der Waals surface area contributed by atoms with Crippen molar-refractivity contribution in [3.8, 4) is 6.07 Å². The van der Waals surface area contributed by atoms with Gasteiger partial charge in [0, 0.05) is 12.0 Å². The predicted molar refractivity (Wildman–Crippen MR) is 47.2 cm³/mol. The zero-order valence-corrected chi connectivity index (χ0v) is 7.78. The fourth-order valence-electron chi connectivity index (χ4n) is 0.792. The van der Waals surface area contributed by atoms with Gasteiger partial charge in [0.05, 0.1) is 6.07 Å². The summed E-state index contributed by atoms with van der Waals surface area (Å²) in [5.74, 6) is 0. The lowest BCUT2D eigenvalue weighted by Gasteiger charge is -2.20. The van der Waals surface area contributed by atoms with Crippen molar-refractivity contribution >= 4 is 0 Å². The van der Waals surface area contributed by atoms with E-state index in [1.165, 1.54) is 0 Å². The summed E-state index contributed by atoms with van der Waals surface area (Å²) in [5, 5.41) is 11.6. The molecular weight excluding hydrogens is 136 g/mol. The Balaban J connectivity index is 3.10. The van der Waals surface area contributed by atoms with Gasteiger partial charge in [-0.25, -0.2) is 0 Å². The third kappa shape index (κ3) is 9.45. The molecule has 0 rings (SSSR count). The Kier molecular flexibility index (Phi) is 4.89. The standard InChI is InChI=1S/C9H18N2/c1-9(2,3)11-8-6-4-5-7-10/h11H,4-6,8H2,1-3H3. The number of hydrogen-bond donors (Lipinski definition) is 1. The molecule has 64 valence electrons. The van der Waals surface area contributed by atoms with E-state index < -0.39 is 0 Å². The summed E-state index contributed by atoms with van der Waals surface area (Å²) in [5.41, 5.74) is 0.215. The molecule has 0 aliphatic rings. The van der Waals surface area contributed by atoms with Crippen LogP contribution < -0.4 is 5.32 Å². The Bertz CT molecular complexity index is 127. The second-order valence-electron chi connectivity index (χ2n) is 3.79. The fourth-order valence-corrected chi connectivity index (χ4v) is 0.792. The van der Waals surface area contributed by atoms with Crippen molar-refractivity contribution in [2.24, 2.45) is 0 Å². The van der Waals surface area contributed by atoms with Gasteiger partial charge in [-0.15, -0.1) is 0 Å². The van der Waals surface area contributed by atoms with Crippen molar-refractivity contribution in [2.75, 3.05) is 6.54 Å². The quantitative estimate of drug-likeness (QED) is 0.629. The summed E-state index contributed by atoms with van der Waals surface area (Å²) in [6, 6.07) is 2.14. The molecule has 0 saturated carbocycles. The molecule has 2 heteroatoms. The van der Waals surface area contributed by atoms with E-state index in [4.69, 9.17) is 5.26 Å². The van der Waals surface area contributed by atoms with E-state index in [1.54, 1.807) is 0 Å². The van der Waals surface area contributed by atoms with Gasteiger partial charge in [0.25, 0.3) is 0 Å². The van der Waals surface area contributed by atoms with Crippen molar-refractivity contribution in [1.82, 2.24) is 5.32 Å². The van der Waals surface area contributed by atoms with E-state index in [0.29, 0.717) is 6.42 Å². The minimum Gasteiger partial charge on any atom is -0.312 e. The van der Waals surface area contributed by atoms with Crippen LogP contribution in [0.25, 0.3) is 0 Å². The number of hydrogen-bond acceptors (Lipinski definition) is 2. The number of nitriles is 1. The average molecular weight is 154 g/mol. The third-order valence-corrected chi connectivity index (χ3v) is 1.37. The fraction of sp³-hybridized carbons (Fsp3) is 0.889. The van der Waals surface area contributed by atoms with Crippen LogP contribution in [0, 0.1) is 11.3 Å². The van der Waals surface area contributed by atoms with Gasteiger partial charge in [-0.2, -0.15) is 5.26 Å². The molecule has 0 aliphatic heterocycles. The lowest BCUT2D eigenvalue weighted by molar-refractivity contribution is 0.419. The zero-order chi connectivity index (χ0) is 8.74. The minimum atomic E-state index is 0.215. The van der Waals surface area contributed by atoms with E-state index in [2.05, 4.69) is 32.2 Å². The molecule has 0 aliphatic carbocycles. The molecule has 0 aromatic rings. The summed E-state index contributed by atoms with van der Waals surface area (Å²) in [7, 11) is 0. The molecule has 0 atom stereocenters. The van der Waals surface area contributed by atoms with E-state index in [9.17, 15) is 0 Å². The van der Waals surface area contributed by atoms with Gasteiger partial charge >= 0.3 is 0 Å². The van der Waals surface area contributed by atoms with Crippen molar-refractivity contribution in [3.63, 3.8) is 0 Å². The van der Waals surface area contributed by atoms with Gasteiger partial charge in [0.2, 0.25) is 0 Å². The Hall–Kier alpha value is -0.550. The highest BCUT2D eigenvalue weighted by molar-refractivity contribution is 4.72. The third-order valence-electron chi connectivity index (χ3n) is 1.37. The van der Waals surface area contributed by atoms with E-state index in [1.807, 2.05) is 0 Å². The first-order valence-corrected chi connectivity index (χ1v) is 4.18. The van der Waals surface area contributed by atoms with E-state index >= 15 is 0 Å². The SMILES string of the molecule is CC(C)(C)NCCCCC#N. The summed E-state index contributed by atoms with van der Waals surface area (Å²) < 4.78 is 0. The van der Waals surface area contributed by atoms with Crippen LogP contribution >= 0.6 is 0 Å². The lowest BCUT2D eigenvalue weighted by Crippen LogP contribution is -2.36. The van der Waals surface area contributed by atoms with Crippen LogP contribution in [0.3, 0.4) is 0 Å². The smallest absolute Gasteiger partial charge is 0.0621 e. The first-order chi connectivity index (χ1) is 5.06. The molecule has 0 aromatic carbocycles. The molecule has 0 bridgehead atoms. The summed E-state index contributed by atoms with van der Waals surface area (Å²) >= 11 is 0. The Morgan fingerprint density at radius 2 is 1.91 bits per heavy atom. The maximum Gasteiger partial charge on any atom is 0.0621 e. The molecule has 0 amide bonds. The molecule has 1 N–H and O–H groups in total. The second kappa shape index (κ2) is 5.15. The lowest BCUT2D eigenvalue weighted by atomic mass is 10.1. The molecule has 2 nitrogen and oxygen atoms in total. The minimum absolute atomic E-state index is 0.215. The van der Waals surface area contributed by atoms with Crippen LogP contribution in [0.1, 0.15) is 40.0 Å². The van der Waals surface area contributed by atoms with Gasteiger partial charge in [-0.05, 0) is 40.2 Å². The first-order valence-electron chi connectivity index (χ1n) is 4.18. The Morgan fingerprint density at radius 3 is 2.36 bits per heavy atom. The van der Waals surface area contributed by atoms with Crippen molar-refractivity contribution in [1.29, 1.82) is 5.26 Å². The van der Waals surface area contributed by atoms with Crippen LogP contribution in [0.4, 0.5) is 0 Å². The van der Waals surface area contributed by atoms with Gasteiger partial charge in [-0.1, -0.05) is 0 Å². The maximum atomic E-state index is 8.26. The average Bonchev–Trinajstić information content (AvgIpc) is 1.85. The van der Waals surface area contributed by atoms with Crippen LogP contribution in [-0.4, -0.2) is 12.1 Å². The van der Waals surface area contributed by atoms with E-state index in [0.717, 1.165) is 19.4 Å². The highest BCUT2D eigenvalue weighted by Crippen LogP contribution is 1.99. The summed E-state index contributed by atoms with van der Waals surface area (Å²) in [6.07, 6.45) is 2.80. The number of nitrogens with one attached hydrogen (secondary N) is 1. The monoisotopic (exact) mass is 154 g/mol. The van der Waals surface area contributed by atoms with Crippen LogP contribution in [0.2, 0.25) is 0 Å².